The van der Waals surface area contributed by atoms with Crippen LogP contribution in [0.4, 0.5) is 0 Å². The lowest BCUT2D eigenvalue weighted by molar-refractivity contribution is -0.138. The zero-order valence-corrected chi connectivity index (χ0v) is 11.0. The van der Waals surface area contributed by atoms with E-state index >= 15 is 0 Å². The highest BCUT2D eigenvalue weighted by Gasteiger charge is 2.32. The summed E-state index contributed by atoms with van der Waals surface area (Å²) in [6.07, 6.45) is 5.86. The molecule has 98 valence electrons. The fourth-order valence-electron chi connectivity index (χ4n) is 1.82. The molecule has 1 fully saturated rings. The molecule has 1 saturated carbocycles. The number of rotatable bonds is 6. The summed E-state index contributed by atoms with van der Waals surface area (Å²) in [7, 11) is 0. The fourth-order valence-corrected chi connectivity index (χ4v) is 1.82. The predicted octanol–water partition coefficient (Wildman–Crippen LogP) is 2.00. The highest BCUT2D eigenvalue weighted by atomic mass is 16.5. The standard InChI is InChI=1S/C14H20N2O2/c1-11(2)18-10-14(17)16(13-5-6-13)9-12-4-3-7-15-8-12/h3-4,7-8,11,13H,5-6,9-10H2,1-2H3. The minimum absolute atomic E-state index is 0.0788. The highest BCUT2D eigenvalue weighted by molar-refractivity contribution is 5.78. The van der Waals surface area contributed by atoms with E-state index in [-0.39, 0.29) is 18.6 Å². The maximum Gasteiger partial charge on any atom is 0.249 e. The third-order valence-electron chi connectivity index (χ3n) is 2.92. The van der Waals surface area contributed by atoms with E-state index in [1.165, 1.54) is 0 Å². The van der Waals surface area contributed by atoms with Crippen molar-refractivity contribution in [3.63, 3.8) is 0 Å². The van der Waals surface area contributed by atoms with Crippen LogP contribution in [0.5, 0.6) is 0 Å². The zero-order chi connectivity index (χ0) is 13.0. The second-order valence-electron chi connectivity index (χ2n) is 4.97. The van der Waals surface area contributed by atoms with Crippen molar-refractivity contribution in [1.82, 2.24) is 9.88 Å². The molecule has 0 radical (unpaired) electrons. The summed E-state index contributed by atoms with van der Waals surface area (Å²) >= 11 is 0. The molecule has 1 aliphatic rings. The summed E-state index contributed by atoms with van der Waals surface area (Å²) in [6, 6.07) is 4.29. The molecular weight excluding hydrogens is 228 g/mol. The van der Waals surface area contributed by atoms with Crippen molar-refractivity contribution in [3.05, 3.63) is 30.1 Å². The molecule has 0 N–H and O–H groups in total. The molecule has 0 unspecified atom stereocenters. The van der Waals surface area contributed by atoms with Gasteiger partial charge in [-0.2, -0.15) is 0 Å². The van der Waals surface area contributed by atoms with Crippen molar-refractivity contribution in [3.8, 4) is 0 Å². The summed E-state index contributed by atoms with van der Waals surface area (Å²) in [6.45, 7) is 4.69. The van der Waals surface area contributed by atoms with E-state index < -0.39 is 0 Å². The number of carbonyl (C=O) groups is 1. The van der Waals surface area contributed by atoms with Gasteiger partial charge < -0.3 is 9.64 Å². The Morgan fingerprint density at radius 1 is 1.56 bits per heavy atom. The molecule has 0 bridgehead atoms. The first-order chi connectivity index (χ1) is 8.66. The minimum Gasteiger partial charge on any atom is -0.369 e. The Hall–Kier alpha value is -1.42. The first-order valence-corrected chi connectivity index (χ1v) is 6.47. The molecule has 4 nitrogen and oxygen atoms in total. The molecule has 1 heterocycles. The Bertz CT molecular complexity index is 388. The van der Waals surface area contributed by atoms with Crippen LogP contribution >= 0.6 is 0 Å². The van der Waals surface area contributed by atoms with Gasteiger partial charge in [0.05, 0.1) is 6.10 Å². The van der Waals surface area contributed by atoms with Gasteiger partial charge in [0, 0.05) is 25.0 Å². The molecule has 0 spiro atoms. The molecule has 1 aromatic heterocycles. The first kappa shape index (κ1) is 13.0. The van der Waals surface area contributed by atoms with E-state index in [4.69, 9.17) is 4.74 Å². The summed E-state index contributed by atoms with van der Waals surface area (Å²) in [5.74, 6) is 0.0788. The van der Waals surface area contributed by atoms with Gasteiger partial charge in [-0.05, 0) is 38.3 Å². The molecule has 2 rings (SSSR count). The lowest BCUT2D eigenvalue weighted by atomic mass is 10.2. The van der Waals surface area contributed by atoms with Crippen molar-refractivity contribution in [2.24, 2.45) is 0 Å². The van der Waals surface area contributed by atoms with Crippen LogP contribution in [0.15, 0.2) is 24.5 Å². The Morgan fingerprint density at radius 2 is 2.33 bits per heavy atom. The smallest absolute Gasteiger partial charge is 0.249 e. The van der Waals surface area contributed by atoms with Gasteiger partial charge in [-0.3, -0.25) is 9.78 Å². The van der Waals surface area contributed by atoms with E-state index in [1.54, 1.807) is 6.20 Å². The fraction of sp³-hybridized carbons (Fsp3) is 0.571. The van der Waals surface area contributed by atoms with Crippen LogP contribution in [0.25, 0.3) is 0 Å². The molecule has 18 heavy (non-hydrogen) atoms. The normalized spacial score (nSPS) is 14.8. The number of nitrogens with zero attached hydrogens (tertiary/aromatic N) is 2. The topological polar surface area (TPSA) is 42.4 Å². The Morgan fingerprint density at radius 3 is 2.89 bits per heavy atom. The van der Waals surface area contributed by atoms with Crippen LogP contribution in [-0.4, -0.2) is 34.5 Å². The number of ether oxygens (including phenoxy) is 1. The number of hydrogen-bond acceptors (Lipinski definition) is 3. The van der Waals surface area contributed by atoms with Gasteiger partial charge >= 0.3 is 0 Å². The maximum atomic E-state index is 12.1. The van der Waals surface area contributed by atoms with E-state index in [2.05, 4.69) is 4.98 Å². The van der Waals surface area contributed by atoms with E-state index in [0.29, 0.717) is 12.6 Å². The Balaban J connectivity index is 1.94. The second-order valence-corrected chi connectivity index (χ2v) is 4.97. The minimum atomic E-state index is 0.0788. The summed E-state index contributed by atoms with van der Waals surface area (Å²) < 4.78 is 5.39. The molecule has 0 aromatic carbocycles. The number of hydrogen-bond donors (Lipinski definition) is 0. The molecule has 1 amide bonds. The maximum absolute atomic E-state index is 12.1. The number of amides is 1. The van der Waals surface area contributed by atoms with Gasteiger partial charge in [-0.25, -0.2) is 0 Å². The Labute approximate surface area is 108 Å². The highest BCUT2D eigenvalue weighted by Crippen LogP contribution is 2.28. The summed E-state index contributed by atoms with van der Waals surface area (Å²) in [4.78, 5) is 18.1. The quantitative estimate of drug-likeness (QED) is 0.773. The van der Waals surface area contributed by atoms with Crippen LogP contribution in [-0.2, 0) is 16.1 Å². The van der Waals surface area contributed by atoms with Gasteiger partial charge in [0.15, 0.2) is 0 Å². The largest absolute Gasteiger partial charge is 0.369 e. The number of pyridine rings is 1. The van der Waals surface area contributed by atoms with E-state index in [1.807, 2.05) is 37.1 Å². The predicted molar refractivity (Wildman–Crippen MR) is 68.9 cm³/mol. The lowest BCUT2D eigenvalue weighted by Crippen LogP contribution is -2.36. The van der Waals surface area contributed by atoms with Crippen LogP contribution in [0, 0.1) is 0 Å². The molecule has 0 aliphatic heterocycles. The van der Waals surface area contributed by atoms with Crippen molar-refractivity contribution >= 4 is 5.91 Å². The van der Waals surface area contributed by atoms with Crippen molar-refractivity contribution in [1.29, 1.82) is 0 Å². The third kappa shape index (κ3) is 3.81. The number of carbonyl (C=O) groups excluding carboxylic acids is 1. The van der Waals surface area contributed by atoms with E-state index in [9.17, 15) is 4.79 Å². The number of aromatic nitrogens is 1. The molecule has 1 aliphatic carbocycles. The van der Waals surface area contributed by atoms with Gasteiger partial charge in [-0.15, -0.1) is 0 Å². The molecule has 0 atom stereocenters. The lowest BCUT2D eigenvalue weighted by Gasteiger charge is -2.23. The third-order valence-corrected chi connectivity index (χ3v) is 2.92. The van der Waals surface area contributed by atoms with Crippen LogP contribution in [0.3, 0.4) is 0 Å². The van der Waals surface area contributed by atoms with Crippen molar-refractivity contribution < 1.29 is 9.53 Å². The molecular formula is C14H20N2O2. The van der Waals surface area contributed by atoms with Crippen molar-refractivity contribution in [2.45, 2.75) is 45.4 Å². The van der Waals surface area contributed by atoms with Crippen molar-refractivity contribution in [2.75, 3.05) is 6.61 Å². The zero-order valence-electron chi connectivity index (χ0n) is 11.0. The summed E-state index contributed by atoms with van der Waals surface area (Å²) in [5, 5.41) is 0. The second kappa shape index (κ2) is 5.96. The van der Waals surface area contributed by atoms with E-state index in [0.717, 1.165) is 18.4 Å². The molecule has 4 heteroatoms. The van der Waals surface area contributed by atoms with Gasteiger partial charge in [0.2, 0.25) is 5.91 Å². The molecule has 1 aromatic rings. The summed E-state index contributed by atoms with van der Waals surface area (Å²) in [5.41, 5.74) is 1.07. The molecule has 0 saturated heterocycles. The average molecular weight is 248 g/mol. The SMILES string of the molecule is CC(C)OCC(=O)N(Cc1cccnc1)C1CC1. The van der Waals surface area contributed by atoms with Crippen LogP contribution < -0.4 is 0 Å². The van der Waals surface area contributed by atoms with Crippen LogP contribution in [0.1, 0.15) is 32.3 Å². The average Bonchev–Trinajstić information content (AvgIpc) is 3.18. The van der Waals surface area contributed by atoms with Gasteiger partial charge in [0.1, 0.15) is 6.61 Å². The Kier molecular flexibility index (Phi) is 4.31. The van der Waals surface area contributed by atoms with Crippen LogP contribution in [0.2, 0.25) is 0 Å². The first-order valence-electron chi connectivity index (χ1n) is 6.47. The monoisotopic (exact) mass is 248 g/mol. The van der Waals surface area contributed by atoms with Gasteiger partial charge in [-0.1, -0.05) is 6.07 Å². The van der Waals surface area contributed by atoms with Gasteiger partial charge in [0.25, 0.3) is 0 Å².